The second kappa shape index (κ2) is 9.29. The SMILES string of the molecule is CCn1c(=O)[nH]c(=O)c2c1nc(/C1=C(C)/N=C(OC3CCC3)/C=C\CC1)n2Cc1ccccc1. The van der Waals surface area contributed by atoms with Gasteiger partial charge in [0.05, 0.1) is 0 Å². The zero-order valence-electron chi connectivity index (χ0n) is 19.6. The van der Waals surface area contributed by atoms with E-state index in [1.807, 2.05) is 54.8 Å². The monoisotopic (exact) mass is 459 g/mol. The summed E-state index contributed by atoms with van der Waals surface area (Å²) in [5, 5.41) is 0. The largest absolute Gasteiger partial charge is 0.474 e. The molecular formula is C26H29N5O3. The molecule has 1 fully saturated rings. The van der Waals surface area contributed by atoms with E-state index in [-0.39, 0.29) is 6.10 Å². The molecule has 1 aliphatic carbocycles. The van der Waals surface area contributed by atoms with E-state index in [1.165, 1.54) is 11.0 Å². The summed E-state index contributed by atoms with van der Waals surface area (Å²) in [7, 11) is 0. The number of nitrogens with zero attached hydrogens (tertiary/aromatic N) is 4. The number of aromatic nitrogens is 4. The van der Waals surface area contributed by atoms with Crippen molar-refractivity contribution < 1.29 is 4.74 Å². The first-order valence-corrected chi connectivity index (χ1v) is 11.9. The van der Waals surface area contributed by atoms with Crippen molar-refractivity contribution in [1.29, 1.82) is 0 Å². The van der Waals surface area contributed by atoms with E-state index >= 15 is 0 Å². The fourth-order valence-electron chi connectivity index (χ4n) is 4.48. The van der Waals surface area contributed by atoms with Gasteiger partial charge in [-0.1, -0.05) is 36.4 Å². The summed E-state index contributed by atoms with van der Waals surface area (Å²) in [5.74, 6) is 1.28. The number of H-pyrrole nitrogens is 1. The predicted molar refractivity (Wildman–Crippen MR) is 133 cm³/mol. The van der Waals surface area contributed by atoms with Crippen molar-refractivity contribution in [1.82, 2.24) is 19.1 Å². The van der Waals surface area contributed by atoms with Crippen LogP contribution < -0.4 is 11.2 Å². The third kappa shape index (κ3) is 4.16. The number of hydrogen-bond donors (Lipinski definition) is 1. The second-order valence-corrected chi connectivity index (χ2v) is 8.81. The first-order chi connectivity index (χ1) is 16.5. The van der Waals surface area contributed by atoms with Gasteiger partial charge < -0.3 is 9.30 Å². The van der Waals surface area contributed by atoms with Gasteiger partial charge in [0.15, 0.2) is 11.2 Å². The van der Waals surface area contributed by atoms with Crippen LogP contribution in [-0.4, -0.2) is 31.1 Å². The highest BCUT2D eigenvalue weighted by Gasteiger charge is 2.24. The number of rotatable bonds is 5. The number of fused-ring (bicyclic) bond motifs is 1. The molecule has 8 nitrogen and oxygen atoms in total. The lowest BCUT2D eigenvalue weighted by atomic mass is 9.96. The van der Waals surface area contributed by atoms with Gasteiger partial charge >= 0.3 is 5.69 Å². The molecule has 8 heteroatoms. The molecule has 0 saturated heterocycles. The highest BCUT2D eigenvalue weighted by Crippen LogP contribution is 2.30. The number of allylic oxidation sites excluding steroid dienone is 3. The summed E-state index contributed by atoms with van der Waals surface area (Å²) in [6.07, 6.45) is 9.09. The number of hydrogen-bond acceptors (Lipinski definition) is 5. The number of nitrogens with one attached hydrogen (secondary N) is 1. The van der Waals surface area contributed by atoms with E-state index in [2.05, 4.69) is 11.1 Å². The van der Waals surface area contributed by atoms with Crippen LogP contribution in [0.2, 0.25) is 0 Å². The molecular weight excluding hydrogens is 430 g/mol. The van der Waals surface area contributed by atoms with Crippen LogP contribution in [0.3, 0.4) is 0 Å². The van der Waals surface area contributed by atoms with E-state index in [0.717, 1.165) is 42.5 Å². The van der Waals surface area contributed by atoms with Gasteiger partial charge in [0.2, 0.25) is 5.90 Å². The second-order valence-electron chi connectivity index (χ2n) is 8.81. The molecule has 2 aromatic heterocycles. The van der Waals surface area contributed by atoms with Gasteiger partial charge in [0, 0.05) is 24.4 Å². The van der Waals surface area contributed by atoms with Gasteiger partial charge in [-0.2, -0.15) is 0 Å². The van der Waals surface area contributed by atoms with Crippen LogP contribution in [0.4, 0.5) is 0 Å². The molecule has 1 aromatic carbocycles. The maximum absolute atomic E-state index is 13.0. The molecule has 0 bridgehead atoms. The fourth-order valence-corrected chi connectivity index (χ4v) is 4.48. The highest BCUT2D eigenvalue weighted by atomic mass is 16.5. The van der Waals surface area contributed by atoms with Gasteiger partial charge in [-0.3, -0.25) is 14.3 Å². The minimum absolute atomic E-state index is 0.235. The topological polar surface area (TPSA) is 94.3 Å². The van der Waals surface area contributed by atoms with E-state index in [4.69, 9.17) is 14.7 Å². The molecule has 2 aliphatic rings. The number of aliphatic imine (C=N–C) groups is 1. The van der Waals surface area contributed by atoms with Crippen molar-refractivity contribution in [2.24, 2.45) is 4.99 Å². The first-order valence-electron chi connectivity index (χ1n) is 11.9. The van der Waals surface area contributed by atoms with E-state index < -0.39 is 11.2 Å². The Hall–Kier alpha value is -3.68. The Morgan fingerprint density at radius 1 is 1.15 bits per heavy atom. The van der Waals surface area contributed by atoms with Gasteiger partial charge in [-0.05, 0) is 57.6 Å². The first kappa shape index (κ1) is 22.1. The summed E-state index contributed by atoms with van der Waals surface area (Å²) < 4.78 is 9.50. The summed E-state index contributed by atoms with van der Waals surface area (Å²) in [5.41, 5.74) is 2.71. The van der Waals surface area contributed by atoms with Crippen LogP contribution in [-0.2, 0) is 17.8 Å². The predicted octanol–water partition coefficient (Wildman–Crippen LogP) is 4.00. The summed E-state index contributed by atoms with van der Waals surface area (Å²) in [6, 6.07) is 9.94. The Morgan fingerprint density at radius 3 is 2.65 bits per heavy atom. The Kier molecular flexibility index (Phi) is 6.04. The maximum atomic E-state index is 13.0. The Balaban J connectivity index is 1.70. The van der Waals surface area contributed by atoms with Crippen molar-refractivity contribution in [3.8, 4) is 0 Å². The maximum Gasteiger partial charge on any atom is 0.330 e. The molecule has 1 saturated carbocycles. The van der Waals surface area contributed by atoms with Crippen molar-refractivity contribution in [3.05, 3.63) is 80.4 Å². The van der Waals surface area contributed by atoms with Crippen molar-refractivity contribution in [2.45, 2.75) is 65.1 Å². The van der Waals surface area contributed by atoms with E-state index in [9.17, 15) is 9.59 Å². The number of aromatic amines is 1. The number of benzene rings is 1. The minimum atomic E-state index is -0.448. The molecule has 3 aromatic rings. The zero-order valence-corrected chi connectivity index (χ0v) is 19.6. The molecule has 0 unspecified atom stereocenters. The molecule has 0 radical (unpaired) electrons. The normalized spacial score (nSPS) is 21.4. The van der Waals surface area contributed by atoms with Crippen LogP contribution in [0.25, 0.3) is 16.7 Å². The van der Waals surface area contributed by atoms with Crippen molar-refractivity contribution >= 4 is 22.6 Å². The van der Waals surface area contributed by atoms with Crippen LogP contribution >= 0.6 is 0 Å². The average Bonchev–Trinajstić information content (AvgIpc) is 3.14. The molecule has 0 amide bonds. The third-order valence-corrected chi connectivity index (χ3v) is 6.53. The Bertz CT molecular complexity index is 1420. The van der Waals surface area contributed by atoms with Gasteiger partial charge in [0.25, 0.3) is 5.56 Å². The van der Waals surface area contributed by atoms with Crippen molar-refractivity contribution in [2.75, 3.05) is 0 Å². The van der Waals surface area contributed by atoms with E-state index in [0.29, 0.717) is 36.0 Å². The van der Waals surface area contributed by atoms with Crippen LogP contribution in [0.5, 0.6) is 0 Å². The lowest BCUT2D eigenvalue weighted by Crippen LogP contribution is -2.30. The van der Waals surface area contributed by atoms with Crippen molar-refractivity contribution in [3.63, 3.8) is 0 Å². The summed E-state index contributed by atoms with van der Waals surface area (Å²) >= 11 is 0. The summed E-state index contributed by atoms with van der Waals surface area (Å²) in [6.45, 7) is 4.70. The smallest absolute Gasteiger partial charge is 0.330 e. The third-order valence-electron chi connectivity index (χ3n) is 6.53. The van der Waals surface area contributed by atoms with E-state index in [1.54, 1.807) is 0 Å². The molecule has 1 N–H and O–H groups in total. The minimum Gasteiger partial charge on any atom is -0.474 e. The Labute approximate surface area is 197 Å². The average molecular weight is 460 g/mol. The molecule has 176 valence electrons. The molecule has 5 rings (SSSR count). The molecule has 0 atom stereocenters. The van der Waals surface area contributed by atoms with Crippen LogP contribution in [0, 0.1) is 0 Å². The Morgan fingerprint density at radius 2 is 1.94 bits per heavy atom. The lowest BCUT2D eigenvalue weighted by Gasteiger charge is -2.26. The summed E-state index contributed by atoms with van der Waals surface area (Å²) in [4.78, 5) is 37.6. The van der Waals surface area contributed by atoms with Crippen LogP contribution in [0.15, 0.2) is 62.8 Å². The molecule has 0 spiro atoms. The van der Waals surface area contributed by atoms with Crippen LogP contribution in [0.1, 0.15) is 57.3 Å². The highest BCUT2D eigenvalue weighted by molar-refractivity contribution is 5.90. The number of ether oxygens (including phenoxy) is 1. The number of aryl methyl sites for hydroxylation is 1. The molecule has 34 heavy (non-hydrogen) atoms. The fraction of sp³-hybridized carbons (Fsp3) is 0.385. The lowest BCUT2D eigenvalue weighted by molar-refractivity contribution is 0.109. The quantitative estimate of drug-likeness (QED) is 0.624. The number of imidazole rings is 1. The molecule has 1 aliphatic heterocycles. The van der Waals surface area contributed by atoms with Gasteiger partial charge in [-0.25, -0.2) is 14.8 Å². The standard InChI is InChI=1S/C26H29N5O3/c1-3-30-24-22(25(32)29-26(30)33)31(16-18-10-5-4-6-11-18)23(28-24)20-14-7-8-15-21(27-17(20)2)34-19-12-9-13-19/h4-6,8,10-11,15,19H,3,7,9,12-14,16H2,1-2H3,(H,29,32,33)/b15-8-,20-17+,27-21-. The van der Waals surface area contributed by atoms with Gasteiger partial charge in [0.1, 0.15) is 11.9 Å². The molecule has 3 heterocycles. The zero-order chi connectivity index (χ0) is 23.7. The van der Waals surface area contributed by atoms with Gasteiger partial charge in [-0.15, -0.1) is 0 Å².